The van der Waals surface area contributed by atoms with Crippen LogP contribution >= 0.6 is 0 Å². The molecule has 0 unspecified atom stereocenters. The molecule has 0 saturated carbocycles. The number of methoxy groups -OCH3 is 2. The van der Waals surface area contributed by atoms with E-state index < -0.39 is 12.2 Å². The number of amides is 2. The molecule has 0 bridgehead atoms. The molecule has 43 heavy (non-hydrogen) atoms. The van der Waals surface area contributed by atoms with E-state index in [0.717, 1.165) is 22.3 Å². The van der Waals surface area contributed by atoms with Gasteiger partial charge in [0.05, 0.1) is 14.2 Å². The van der Waals surface area contributed by atoms with E-state index in [1.165, 1.54) is 14.2 Å². The number of hydrogen-bond acceptors (Lipinski definition) is 6. The van der Waals surface area contributed by atoms with Gasteiger partial charge in [0.25, 0.3) is 0 Å². The molecule has 2 amide bonds. The predicted molar refractivity (Wildman–Crippen MR) is 170 cm³/mol. The second-order valence-electron chi connectivity index (χ2n) is 9.42. The van der Waals surface area contributed by atoms with Gasteiger partial charge in [0, 0.05) is 11.4 Å². The molecule has 0 fully saturated rings. The monoisotopic (exact) mass is 578 g/mol. The van der Waals surface area contributed by atoms with Gasteiger partial charge in [-0.05, 0) is 91.1 Å². The number of carbonyl (C=O) groups excluding carboxylic acids is 2. The Balaban J connectivity index is 1.29. The molecule has 4 aromatic carbocycles. The van der Waals surface area contributed by atoms with E-state index in [4.69, 9.17) is 18.9 Å². The summed E-state index contributed by atoms with van der Waals surface area (Å²) < 4.78 is 21.6. The molecule has 2 N–H and O–H groups in total. The van der Waals surface area contributed by atoms with Crippen molar-refractivity contribution in [3.05, 3.63) is 119 Å². The number of rotatable bonds is 10. The van der Waals surface area contributed by atoms with Gasteiger partial charge < -0.3 is 18.9 Å². The Morgan fingerprint density at radius 2 is 0.977 bits per heavy atom. The first kappa shape index (κ1) is 30.5. The average molecular weight is 579 g/mol. The Kier molecular flexibility index (Phi) is 10.6. The summed E-state index contributed by atoms with van der Waals surface area (Å²) in [6, 6.07) is 25.7. The lowest BCUT2D eigenvalue weighted by Crippen LogP contribution is -2.17. The van der Waals surface area contributed by atoms with Gasteiger partial charge in [-0.2, -0.15) is 0 Å². The summed E-state index contributed by atoms with van der Waals surface area (Å²) in [6.45, 7) is 3.85. The number of nitrogens with one attached hydrogen (secondary N) is 2. The van der Waals surface area contributed by atoms with E-state index >= 15 is 0 Å². The molecule has 0 aliphatic carbocycles. The molecular formula is C35H34N2O6. The fourth-order valence-corrected chi connectivity index (χ4v) is 4.26. The number of benzene rings is 4. The molecule has 220 valence electrons. The summed E-state index contributed by atoms with van der Waals surface area (Å²) in [7, 11) is 3.06. The molecule has 0 radical (unpaired) electrons. The van der Waals surface area contributed by atoms with E-state index in [-0.39, 0.29) is 0 Å². The smallest absolute Gasteiger partial charge is 0.417 e. The highest BCUT2D eigenvalue weighted by Crippen LogP contribution is 2.30. The molecule has 8 nitrogen and oxygen atoms in total. The highest BCUT2D eigenvalue weighted by atomic mass is 16.6. The van der Waals surface area contributed by atoms with E-state index in [2.05, 4.69) is 10.6 Å². The summed E-state index contributed by atoms with van der Waals surface area (Å²) in [5, 5.41) is 5.47. The predicted octanol–water partition coefficient (Wildman–Crippen LogP) is 8.58. The van der Waals surface area contributed by atoms with Crippen LogP contribution in [0.25, 0.3) is 12.2 Å². The third-order valence-corrected chi connectivity index (χ3v) is 6.31. The Bertz CT molecular complexity index is 1490. The van der Waals surface area contributed by atoms with Gasteiger partial charge in [-0.15, -0.1) is 0 Å². The van der Waals surface area contributed by atoms with Crippen LogP contribution in [0.15, 0.2) is 97.1 Å². The Morgan fingerprint density at radius 1 is 0.581 bits per heavy atom. The summed E-state index contributed by atoms with van der Waals surface area (Å²) in [6.07, 6.45) is 7.14. The minimum Gasteiger partial charge on any atom is -0.493 e. The van der Waals surface area contributed by atoms with Gasteiger partial charge in [-0.1, -0.05) is 60.7 Å². The van der Waals surface area contributed by atoms with Crippen LogP contribution in [0.3, 0.4) is 0 Å². The van der Waals surface area contributed by atoms with Gasteiger partial charge in [0.1, 0.15) is 0 Å². The lowest BCUT2D eigenvalue weighted by Gasteiger charge is -2.12. The largest absolute Gasteiger partial charge is 0.493 e. The lowest BCUT2D eigenvalue weighted by atomic mass is 10.0. The van der Waals surface area contributed by atoms with Gasteiger partial charge in [0.2, 0.25) is 0 Å². The molecule has 0 aliphatic rings. The Morgan fingerprint density at radius 3 is 1.33 bits per heavy atom. The molecule has 8 heteroatoms. The van der Waals surface area contributed by atoms with E-state index in [1.54, 1.807) is 24.3 Å². The fraction of sp³-hybridized carbons (Fsp3) is 0.143. The zero-order valence-electron chi connectivity index (χ0n) is 24.5. The standard InChI is InChI=1S/C35H34N2O6/c1-5-7-24-13-19-30(32(22-24)40-3)42-34(38)36-28-15-9-26(10-16-28)21-27-11-17-29(18-12-27)37-35(39)43-31-20-14-25(8-6-2)23-33(31)41-4/h5-20,22-23H,21H2,1-4H3,(H,36,38)(H,37,39)/b7-5+,8-6+. The first-order chi connectivity index (χ1) is 20.9. The van der Waals surface area contributed by atoms with E-state index in [1.807, 2.05) is 98.8 Å². The number of hydrogen-bond donors (Lipinski definition) is 2. The van der Waals surface area contributed by atoms with Gasteiger partial charge in [0.15, 0.2) is 23.0 Å². The van der Waals surface area contributed by atoms with Gasteiger partial charge in [-0.3, -0.25) is 10.6 Å². The van der Waals surface area contributed by atoms with Crippen molar-refractivity contribution in [1.82, 2.24) is 0 Å². The van der Waals surface area contributed by atoms with Crippen molar-refractivity contribution in [2.24, 2.45) is 0 Å². The van der Waals surface area contributed by atoms with Crippen LogP contribution in [0.4, 0.5) is 21.0 Å². The molecule has 0 heterocycles. The van der Waals surface area contributed by atoms with Crippen LogP contribution in [-0.2, 0) is 6.42 Å². The first-order valence-electron chi connectivity index (χ1n) is 13.7. The van der Waals surface area contributed by atoms with E-state index in [0.29, 0.717) is 40.8 Å². The van der Waals surface area contributed by atoms with Crippen LogP contribution in [0, 0.1) is 0 Å². The van der Waals surface area contributed by atoms with Gasteiger partial charge >= 0.3 is 12.2 Å². The molecule has 4 aromatic rings. The van der Waals surface area contributed by atoms with Crippen LogP contribution in [-0.4, -0.2) is 26.4 Å². The number of anilines is 2. The lowest BCUT2D eigenvalue weighted by molar-refractivity contribution is 0.212. The number of ether oxygens (including phenoxy) is 4. The first-order valence-corrected chi connectivity index (χ1v) is 13.7. The third-order valence-electron chi connectivity index (χ3n) is 6.31. The summed E-state index contributed by atoms with van der Waals surface area (Å²) in [5.74, 6) is 1.59. The second kappa shape index (κ2) is 14.9. The minimum absolute atomic E-state index is 0.328. The Labute approximate surface area is 251 Å². The van der Waals surface area contributed by atoms with Crippen molar-refractivity contribution >= 4 is 35.7 Å². The van der Waals surface area contributed by atoms with Crippen molar-refractivity contribution in [2.75, 3.05) is 24.9 Å². The quantitative estimate of drug-likeness (QED) is 0.196. The normalized spacial score (nSPS) is 10.9. The van der Waals surface area contributed by atoms with Crippen LogP contribution in [0.1, 0.15) is 36.1 Å². The highest BCUT2D eigenvalue weighted by Gasteiger charge is 2.12. The summed E-state index contributed by atoms with van der Waals surface area (Å²) in [4.78, 5) is 24.9. The second-order valence-corrected chi connectivity index (χ2v) is 9.42. The summed E-state index contributed by atoms with van der Waals surface area (Å²) in [5.41, 5.74) is 5.19. The van der Waals surface area contributed by atoms with Crippen molar-refractivity contribution in [3.8, 4) is 23.0 Å². The zero-order chi connectivity index (χ0) is 30.6. The van der Waals surface area contributed by atoms with Crippen LogP contribution in [0.2, 0.25) is 0 Å². The maximum Gasteiger partial charge on any atom is 0.417 e. The molecule has 0 aliphatic heterocycles. The summed E-state index contributed by atoms with van der Waals surface area (Å²) >= 11 is 0. The fourth-order valence-electron chi connectivity index (χ4n) is 4.26. The van der Waals surface area contributed by atoms with Crippen molar-refractivity contribution in [1.29, 1.82) is 0 Å². The van der Waals surface area contributed by atoms with Gasteiger partial charge in [-0.25, -0.2) is 9.59 Å². The van der Waals surface area contributed by atoms with E-state index in [9.17, 15) is 9.59 Å². The molecule has 0 spiro atoms. The zero-order valence-corrected chi connectivity index (χ0v) is 24.5. The topological polar surface area (TPSA) is 95.1 Å². The Hall–Kier alpha value is -5.50. The number of carbonyl (C=O) groups is 2. The SMILES string of the molecule is C/C=C/c1ccc(OC(=O)Nc2ccc(Cc3ccc(NC(=O)Oc4ccc(/C=C/C)cc4OC)cc3)cc2)c(OC)c1. The highest BCUT2D eigenvalue weighted by molar-refractivity contribution is 5.87. The van der Waals surface area contributed by atoms with Crippen molar-refractivity contribution in [3.63, 3.8) is 0 Å². The van der Waals surface area contributed by atoms with Crippen LogP contribution < -0.4 is 29.6 Å². The van der Waals surface area contributed by atoms with Crippen LogP contribution in [0.5, 0.6) is 23.0 Å². The molecular weight excluding hydrogens is 544 g/mol. The average Bonchev–Trinajstić information content (AvgIpc) is 3.01. The molecule has 0 saturated heterocycles. The maximum atomic E-state index is 12.5. The maximum absolute atomic E-state index is 12.5. The van der Waals surface area contributed by atoms with Crippen molar-refractivity contribution in [2.45, 2.75) is 20.3 Å². The third kappa shape index (κ3) is 8.74. The number of allylic oxidation sites excluding steroid dienone is 2. The molecule has 0 atom stereocenters. The molecule has 0 aromatic heterocycles. The minimum atomic E-state index is -0.615. The van der Waals surface area contributed by atoms with Crippen molar-refractivity contribution < 1.29 is 28.5 Å². The molecule has 4 rings (SSSR count).